The lowest BCUT2D eigenvalue weighted by atomic mass is 9.98. The van der Waals surface area contributed by atoms with Gasteiger partial charge in [-0.3, -0.25) is 0 Å². The predicted octanol–water partition coefficient (Wildman–Crippen LogP) is 2.92. The standard InChI is InChI=1S/C9H10O/c1-6(2)9-7-4-3-5-8(9)10-7/h3-6H,1-2H3. The molecule has 52 valence electrons. The van der Waals surface area contributed by atoms with E-state index in [0.717, 1.165) is 11.5 Å². The fraction of sp³-hybridized carbons (Fsp3) is 0.333. The lowest BCUT2D eigenvalue weighted by Crippen LogP contribution is -2.05. The van der Waals surface area contributed by atoms with Crippen LogP contribution in [0.3, 0.4) is 0 Å². The van der Waals surface area contributed by atoms with Gasteiger partial charge in [0, 0.05) is 5.56 Å². The molecule has 0 amide bonds. The van der Waals surface area contributed by atoms with Crippen molar-refractivity contribution in [3.63, 3.8) is 0 Å². The third kappa shape index (κ3) is 0.576. The van der Waals surface area contributed by atoms with Gasteiger partial charge in [0.25, 0.3) is 0 Å². The van der Waals surface area contributed by atoms with E-state index in [1.165, 1.54) is 5.56 Å². The van der Waals surface area contributed by atoms with Gasteiger partial charge in [-0.2, -0.15) is 0 Å². The van der Waals surface area contributed by atoms with Gasteiger partial charge in [0.05, 0.1) is 0 Å². The summed E-state index contributed by atoms with van der Waals surface area (Å²) >= 11 is 0. The second-order valence-electron chi connectivity index (χ2n) is 2.92. The Morgan fingerprint density at radius 3 is 2.10 bits per heavy atom. The van der Waals surface area contributed by atoms with Crippen molar-refractivity contribution in [1.82, 2.24) is 0 Å². The van der Waals surface area contributed by atoms with E-state index in [-0.39, 0.29) is 0 Å². The molecule has 1 nitrogen and oxygen atoms in total. The van der Waals surface area contributed by atoms with Crippen LogP contribution in [0.1, 0.15) is 25.3 Å². The lowest BCUT2D eigenvalue weighted by Gasteiger charge is -2.25. The van der Waals surface area contributed by atoms with Gasteiger partial charge >= 0.3 is 0 Å². The Hall–Kier alpha value is -0.980. The summed E-state index contributed by atoms with van der Waals surface area (Å²) in [6, 6.07) is 6.06. The highest BCUT2D eigenvalue weighted by atomic mass is 16.5. The molecule has 0 N–H and O–H groups in total. The van der Waals surface area contributed by atoms with Crippen molar-refractivity contribution in [1.29, 1.82) is 0 Å². The van der Waals surface area contributed by atoms with Crippen LogP contribution in [0.2, 0.25) is 0 Å². The van der Waals surface area contributed by atoms with Crippen LogP contribution in [-0.2, 0) is 0 Å². The normalized spacial score (nSPS) is 12.7. The number of rotatable bonds is 1. The Kier molecular flexibility index (Phi) is 1.01. The molecule has 0 aliphatic carbocycles. The second kappa shape index (κ2) is 1.75. The van der Waals surface area contributed by atoms with E-state index < -0.39 is 0 Å². The van der Waals surface area contributed by atoms with Gasteiger partial charge in [-0.05, 0) is 18.1 Å². The summed E-state index contributed by atoms with van der Waals surface area (Å²) in [7, 11) is 0. The minimum atomic E-state index is 0.597. The molecule has 0 atom stereocenters. The van der Waals surface area contributed by atoms with Crippen molar-refractivity contribution in [3.8, 4) is 11.5 Å². The van der Waals surface area contributed by atoms with Gasteiger partial charge in [0.15, 0.2) is 0 Å². The molecule has 0 radical (unpaired) electrons. The molecule has 0 unspecified atom stereocenters. The first-order valence-electron chi connectivity index (χ1n) is 3.60. The molecule has 1 aromatic rings. The van der Waals surface area contributed by atoms with Gasteiger partial charge in [-0.1, -0.05) is 19.9 Å². The molecule has 2 bridgehead atoms. The molecule has 2 heterocycles. The molecule has 2 aliphatic heterocycles. The highest BCUT2D eigenvalue weighted by Gasteiger charge is 2.22. The van der Waals surface area contributed by atoms with Gasteiger partial charge in [0.2, 0.25) is 0 Å². The predicted molar refractivity (Wildman–Crippen MR) is 40.6 cm³/mol. The minimum absolute atomic E-state index is 0.597. The van der Waals surface area contributed by atoms with Crippen LogP contribution < -0.4 is 4.74 Å². The van der Waals surface area contributed by atoms with Crippen molar-refractivity contribution < 1.29 is 4.74 Å². The molecule has 1 aromatic carbocycles. The molecule has 0 saturated carbocycles. The molecule has 0 spiro atoms. The van der Waals surface area contributed by atoms with Crippen molar-refractivity contribution in [2.75, 3.05) is 0 Å². The summed E-state index contributed by atoms with van der Waals surface area (Å²) in [5, 5.41) is 0. The molecule has 1 heteroatoms. The summed E-state index contributed by atoms with van der Waals surface area (Å²) in [6.45, 7) is 4.37. The zero-order chi connectivity index (χ0) is 7.14. The third-order valence-electron chi connectivity index (χ3n) is 1.82. The zero-order valence-electron chi connectivity index (χ0n) is 6.22. The highest BCUT2D eigenvalue weighted by Crippen LogP contribution is 2.45. The van der Waals surface area contributed by atoms with Crippen molar-refractivity contribution in [2.24, 2.45) is 0 Å². The van der Waals surface area contributed by atoms with Crippen LogP contribution >= 0.6 is 0 Å². The topological polar surface area (TPSA) is 9.23 Å². The minimum Gasteiger partial charge on any atom is -0.456 e. The van der Waals surface area contributed by atoms with E-state index in [1.807, 2.05) is 18.2 Å². The van der Waals surface area contributed by atoms with Crippen molar-refractivity contribution >= 4 is 0 Å². The molecular weight excluding hydrogens is 124 g/mol. The van der Waals surface area contributed by atoms with E-state index in [2.05, 4.69) is 13.8 Å². The van der Waals surface area contributed by atoms with E-state index in [0.29, 0.717) is 5.92 Å². The molecule has 3 rings (SSSR count). The van der Waals surface area contributed by atoms with Gasteiger partial charge in [0.1, 0.15) is 11.5 Å². The maximum absolute atomic E-state index is 5.30. The Bertz CT molecular complexity index is 243. The molecule has 0 fully saturated rings. The SMILES string of the molecule is CC(C)c1c2cccc1O2. The average Bonchev–Trinajstić information content (AvgIpc) is 1.87. The van der Waals surface area contributed by atoms with E-state index in [9.17, 15) is 0 Å². The number of benzene rings is 1. The van der Waals surface area contributed by atoms with Crippen LogP contribution in [-0.4, -0.2) is 0 Å². The Balaban J connectivity index is 2.50. The summed E-state index contributed by atoms with van der Waals surface area (Å²) in [5.41, 5.74) is 1.38. The monoisotopic (exact) mass is 134 g/mol. The maximum atomic E-state index is 5.30. The Labute approximate surface area is 60.6 Å². The van der Waals surface area contributed by atoms with E-state index in [4.69, 9.17) is 4.74 Å². The Morgan fingerprint density at radius 1 is 1.20 bits per heavy atom. The lowest BCUT2D eigenvalue weighted by molar-refractivity contribution is 0.411. The van der Waals surface area contributed by atoms with Crippen LogP contribution in [0.5, 0.6) is 11.5 Å². The third-order valence-corrected chi connectivity index (χ3v) is 1.82. The largest absolute Gasteiger partial charge is 0.456 e. The van der Waals surface area contributed by atoms with Gasteiger partial charge < -0.3 is 4.74 Å². The molecule has 2 aliphatic rings. The van der Waals surface area contributed by atoms with Crippen LogP contribution in [0.4, 0.5) is 0 Å². The van der Waals surface area contributed by atoms with Gasteiger partial charge in [-0.15, -0.1) is 0 Å². The van der Waals surface area contributed by atoms with Crippen molar-refractivity contribution in [2.45, 2.75) is 19.8 Å². The zero-order valence-corrected chi connectivity index (χ0v) is 6.22. The summed E-state index contributed by atoms with van der Waals surface area (Å²) < 4.78 is 5.30. The maximum Gasteiger partial charge on any atom is 0.134 e. The second-order valence-corrected chi connectivity index (χ2v) is 2.92. The van der Waals surface area contributed by atoms with Crippen molar-refractivity contribution in [3.05, 3.63) is 23.8 Å². The van der Waals surface area contributed by atoms with Crippen LogP contribution in [0, 0.1) is 0 Å². The number of hydrogen-bond donors (Lipinski definition) is 0. The van der Waals surface area contributed by atoms with Gasteiger partial charge in [-0.25, -0.2) is 0 Å². The fourth-order valence-corrected chi connectivity index (χ4v) is 1.34. The van der Waals surface area contributed by atoms with Crippen LogP contribution in [0.15, 0.2) is 18.2 Å². The number of fused-ring (bicyclic) bond motifs is 2. The first-order valence-corrected chi connectivity index (χ1v) is 3.60. The molecule has 0 saturated heterocycles. The van der Waals surface area contributed by atoms with E-state index in [1.54, 1.807) is 0 Å². The fourth-order valence-electron chi connectivity index (χ4n) is 1.34. The first-order chi connectivity index (χ1) is 4.79. The first kappa shape index (κ1) is 5.78. The quantitative estimate of drug-likeness (QED) is 0.582. The highest BCUT2D eigenvalue weighted by molar-refractivity contribution is 5.56. The average molecular weight is 134 g/mol. The smallest absolute Gasteiger partial charge is 0.134 e. The van der Waals surface area contributed by atoms with E-state index >= 15 is 0 Å². The summed E-state index contributed by atoms with van der Waals surface area (Å²) in [5.74, 6) is 2.72. The molecular formula is C9H10O. The molecule has 0 aromatic heterocycles. The summed E-state index contributed by atoms with van der Waals surface area (Å²) in [4.78, 5) is 0. The van der Waals surface area contributed by atoms with Crippen LogP contribution in [0.25, 0.3) is 0 Å². The summed E-state index contributed by atoms with van der Waals surface area (Å²) in [6.07, 6.45) is 0. The number of ether oxygens (including phenoxy) is 1. The Morgan fingerprint density at radius 2 is 1.80 bits per heavy atom. The number of hydrogen-bond acceptors (Lipinski definition) is 1. The molecule has 10 heavy (non-hydrogen) atoms.